The molecule has 0 saturated carbocycles. The van der Waals surface area contributed by atoms with Gasteiger partial charge >= 0.3 is 0 Å². The van der Waals surface area contributed by atoms with E-state index < -0.39 is 0 Å². The van der Waals surface area contributed by atoms with E-state index in [1.54, 1.807) is 30.3 Å². The molecule has 4 aromatic rings. The molecule has 0 radical (unpaired) electrons. The second kappa shape index (κ2) is 9.09. The lowest BCUT2D eigenvalue weighted by atomic mass is 10.0. The van der Waals surface area contributed by atoms with Gasteiger partial charge in [-0.3, -0.25) is 9.59 Å². The highest BCUT2D eigenvalue weighted by molar-refractivity contribution is 6.11. The highest BCUT2D eigenvalue weighted by atomic mass is 16.2. The Bertz CT molecular complexity index is 1250. The van der Waals surface area contributed by atoms with Crippen LogP contribution in [0.25, 0.3) is 16.8 Å². The Morgan fingerprint density at radius 1 is 0.742 bits per heavy atom. The summed E-state index contributed by atoms with van der Waals surface area (Å²) in [4.78, 5) is 25.9. The maximum Gasteiger partial charge on any atom is 0.272 e. The first-order valence-electron chi connectivity index (χ1n) is 10.0. The number of amides is 2. The minimum atomic E-state index is -0.388. The van der Waals surface area contributed by atoms with Crippen molar-refractivity contribution >= 4 is 34.4 Å². The van der Waals surface area contributed by atoms with Crippen LogP contribution >= 0.6 is 0 Å². The summed E-state index contributed by atoms with van der Waals surface area (Å²) in [6.45, 7) is 1.98. The Labute approximate surface area is 181 Å². The maximum absolute atomic E-state index is 13.1. The van der Waals surface area contributed by atoms with E-state index in [2.05, 4.69) is 10.6 Å². The van der Waals surface area contributed by atoms with E-state index in [9.17, 15) is 9.59 Å². The minimum Gasteiger partial charge on any atom is -0.321 e. The molecule has 4 aromatic carbocycles. The van der Waals surface area contributed by atoms with E-state index in [1.807, 2.05) is 79.7 Å². The second-order valence-electron chi connectivity index (χ2n) is 7.27. The van der Waals surface area contributed by atoms with Gasteiger partial charge in [0.2, 0.25) is 0 Å². The van der Waals surface area contributed by atoms with Gasteiger partial charge in [-0.25, -0.2) is 0 Å². The Morgan fingerprint density at radius 3 is 2.19 bits per heavy atom. The number of benzene rings is 4. The smallest absolute Gasteiger partial charge is 0.272 e. The molecule has 0 fully saturated rings. The Morgan fingerprint density at radius 2 is 1.42 bits per heavy atom. The summed E-state index contributed by atoms with van der Waals surface area (Å²) in [6.07, 6.45) is 1.71. The van der Waals surface area contributed by atoms with E-state index in [-0.39, 0.29) is 17.5 Å². The fourth-order valence-corrected chi connectivity index (χ4v) is 3.31. The summed E-state index contributed by atoms with van der Waals surface area (Å²) >= 11 is 0. The van der Waals surface area contributed by atoms with Crippen LogP contribution in [0.15, 0.2) is 103 Å². The third-order valence-corrected chi connectivity index (χ3v) is 4.96. The van der Waals surface area contributed by atoms with Gasteiger partial charge in [0.15, 0.2) is 0 Å². The maximum atomic E-state index is 13.1. The molecule has 0 heterocycles. The van der Waals surface area contributed by atoms with Gasteiger partial charge in [0.05, 0.1) is 0 Å². The zero-order valence-corrected chi connectivity index (χ0v) is 17.1. The van der Waals surface area contributed by atoms with Crippen LogP contribution in [0, 0.1) is 6.92 Å². The van der Waals surface area contributed by atoms with Crippen molar-refractivity contribution in [1.82, 2.24) is 5.32 Å². The van der Waals surface area contributed by atoms with Crippen LogP contribution in [0.2, 0.25) is 0 Å². The first-order chi connectivity index (χ1) is 15.1. The van der Waals surface area contributed by atoms with Gasteiger partial charge < -0.3 is 10.6 Å². The number of rotatable bonds is 5. The van der Waals surface area contributed by atoms with E-state index in [4.69, 9.17) is 0 Å². The number of nitrogens with one attached hydrogen (secondary N) is 2. The number of aryl methyl sites for hydroxylation is 1. The molecule has 0 spiro atoms. The third-order valence-electron chi connectivity index (χ3n) is 4.96. The molecule has 0 saturated heterocycles. The van der Waals surface area contributed by atoms with Crippen molar-refractivity contribution in [2.45, 2.75) is 6.92 Å². The second-order valence-corrected chi connectivity index (χ2v) is 7.27. The fourth-order valence-electron chi connectivity index (χ4n) is 3.31. The molecular formula is C27H22N2O2. The molecule has 0 aromatic heterocycles. The van der Waals surface area contributed by atoms with Gasteiger partial charge in [-0.15, -0.1) is 0 Å². The fraction of sp³-hybridized carbons (Fsp3) is 0.0370. The molecule has 0 atom stereocenters. The quantitative estimate of drug-likeness (QED) is 0.427. The van der Waals surface area contributed by atoms with Crippen molar-refractivity contribution in [1.29, 1.82) is 0 Å². The summed E-state index contributed by atoms with van der Waals surface area (Å²) < 4.78 is 0. The minimum absolute atomic E-state index is 0.172. The van der Waals surface area contributed by atoms with Crippen molar-refractivity contribution in [2.75, 3.05) is 5.32 Å². The first-order valence-corrected chi connectivity index (χ1v) is 10.0. The number of carbonyl (C=O) groups excluding carboxylic acids is 2. The van der Waals surface area contributed by atoms with Crippen molar-refractivity contribution in [3.8, 4) is 0 Å². The molecule has 4 heteroatoms. The van der Waals surface area contributed by atoms with Crippen LogP contribution in [-0.2, 0) is 4.79 Å². The first kappa shape index (κ1) is 20.1. The molecule has 0 aliphatic carbocycles. The molecule has 31 heavy (non-hydrogen) atoms. The number of hydrogen-bond donors (Lipinski definition) is 2. The summed E-state index contributed by atoms with van der Waals surface area (Å²) in [7, 11) is 0. The molecule has 2 N–H and O–H groups in total. The molecule has 2 amide bonds. The van der Waals surface area contributed by atoms with E-state index >= 15 is 0 Å². The van der Waals surface area contributed by atoms with Gasteiger partial charge in [-0.1, -0.05) is 78.4 Å². The van der Waals surface area contributed by atoms with Crippen molar-refractivity contribution in [3.05, 3.63) is 119 Å². The van der Waals surface area contributed by atoms with Crippen molar-refractivity contribution in [2.24, 2.45) is 0 Å². The lowest BCUT2D eigenvalue weighted by Crippen LogP contribution is -2.30. The zero-order valence-electron chi connectivity index (χ0n) is 17.1. The predicted molar refractivity (Wildman–Crippen MR) is 126 cm³/mol. The standard InChI is InChI=1S/C27H22N2O2/c1-19-14-16-23(17-15-19)28-27(31)25(29-26(30)21-9-3-2-4-10-21)18-22-12-7-11-20-8-5-6-13-24(20)22/h2-18H,1H3,(H,28,31)(H,29,30). The highest BCUT2D eigenvalue weighted by Crippen LogP contribution is 2.21. The number of carbonyl (C=O) groups is 2. The Balaban J connectivity index is 1.70. The third kappa shape index (κ3) is 4.87. The SMILES string of the molecule is Cc1ccc(NC(=O)C(=Cc2cccc3ccccc23)NC(=O)c2ccccc2)cc1. The molecule has 4 nitrogen and oxygen atoms in total. The molecule has 0 aliphatic rings. The molecule has 4 rings (SSSR count). The van der Waals surface area contributed by atoms with Crippen molar-refractivity contribution in [3.63, 3.8) is 0 Å². The lowest BCUT2D eigenvalue weighted by Gasteiger charge is -2.12. The van der Waals surface area contributed by atoms with Gasteiger partial charge in [0.1, 0.15) is 5.70 Å². The summed E-state index contributed by atoms with van der Waals surface area (Å²) in [5.41, 5.74) is 3.26. The van der Waals surface area contributed by atoms with Crippen LogP contribution in [0.3, 0.4) is 0 Å². The van der Waals surface area contributed by atoms with Gasteiger partial charge in [0.25, 0.3) is 11.8 Å². The van der Waals surface area contributed by atoms with Crippen molar-refractivity contribution < 1.29 is 9.59 Å². The van der Waals surface area contributed by atoms with Gasteiger partial charge in [0, 0.05) is 11.3 Å². The van der Waals surface area contributed by atoms with Crippen LogP contribution in [0.5, 0.6) is 0 Å². The summed E-state index contributed by atoms with van der Waals surface area (Å²) in [5.74, 6) is -0.729. The Hall–Kier alpha value is -4.18. The van der Waals surface area contributed by atoms with Crippen LogP contribution in [0.4, 0.5) is 5.69 Å². The topological polar surface area (TPSA) is 58.2 Å². The zero-order chi connectivity index (χ0) is 21.6. The van der Waals surface area contributed by atoms with Crippen LogP contribution < -0.4 is 10.6 Å². The van der Waals surface area contributed by atoms with Gasteiger partial charge in [-0.2, -0.15) is 0 Å². The van der Waals surface area contributed by atoms with E-state index in [0.717, 1.165) is 21.9 Å². The average Bonchev–Trinajstić information content (AvgIpc) is 2.81. The molecular weight excluding hydrogens is 384 g/mol. The predicted octanol–water partition coefficient (Wildman–Crippen LogP) is 5.56. The molecule has 0 unspecified atom stereocenters. The van der Waals surface area contributed by atoms with Crippen LogP contribution in [0.1, 0.15) is 21.5 Å². The van der Waals surface area contributed by atoms with E-state index in [1.165, 1.54) is 0 Å². The number of anilines is 1. The summed E-state index contributed by atoms with van der Waals surface area (Å²) in [5, 5.41) is 7.72. The summed E-state index contributed by atoms with van der Waals surface area (Å²) in [6, 6.07) is 30.2. The molecule has 152 valence electrons. The lowest BCUT2D eigenvalue weighted by molar-refractivity contribution is -0.113. The largest absolute Gasteiger partial charge is 0.321 e. The highest BCUT2D eigenvalue weighted by Gasteiger charge is 2.15. The average molecular weight is 406 g/mol. The normalized spacial score (nSPS) is 11.2. The monoisotopic (exact) mass is 406 g/mol. The van der Waals surface area contributed by atoms with Crippen LogP contribution in [-0.4, -0.2) is 11.8 Å². The van der Waals surface area contributed by atoms with E-state index in [0.29, 0.717) is 11.3 Å². The number of fused-ring (bicyclic) bond motifs is 1. The van der Waals surface area contributed by atoms with Gasteiger partial charge in [-0.05, 0) is 53.6 Å². The number of hydrogen-bond acceptors (Lipinski definition) is 2. The Kier molecular flexibility index (Phi) is 5.90. The molecule has 0 aliphatic heterocycles. The molecule has 0 bridgehead atoms.